The standard InChI is InChI=1S/C14H24N4O3/c1-3-4-15-13-10-21-9-12(13)14(19)17-11-7-16-18(8-11)5-6-20-2/h7-8,12-13,15H,3-6,9-10H2,1-2H3,(H,17,19). The van der Waals surface area contributed by atoms with Crippen LogP contribution in [0.3, 0.4) is 0 Å². The average Bonchev–Trinajstić information content (AvgIpc) is 3.11. The molecule has 1 fully saturated rings. The third-order valence-electron chi connectivity index (χ3n) is 3.50. The topological polar surface area (TPSA) is 77.4 Å². The Bertz CT molecular complexity index is 449. The van der Waals surface area contributed by atoms with Gasteiger partial charge in [0.1, 0.15) is 0 Å². The Morgan fingerprint density at radius 1 is 1.57 bits per heavy atom. The molecule has 2 N–H and O–H groups in total. The molecule has 1 aromatic heterocycles. The van der Waals surface area contributed by atoms with Crippen LogP contribution in [0.1, 0.15) is 13.3 Å². The van der Waals surface area contributed by atoms with Crippen molar-refractivity contribution in [1.29, 1.82) is 0 Å². The van der Waals surface area contributed by atoms with Gasteiger partial charge in [-0.25, -0.2) is 0 Å². The molecule has 0 bridgehead atoms. The lowest BCUT2D eigenvalue weighted by Gasteiger charge is -2.17. The van der Waals surface area contributed by atoms with Gasteiger partial charge < -0.3 is 20.1 Å². The fraction of sp³-hybridized carbons (Fsp3) is 0.714. The zero-order valence-electron chi connectivity index (χ0n) is 12.7. The summed E-state index contributed by atoms with van der Waals surface area (Å²) in [6, 6.07) is 0.0912. The number of hydrogen-bond donors (Lipinski definition) is 2. The summed E-state index contributed by atoms with van der Waals surface area (Å²) in [5.74, 6) is -0.175. The molecule has 1 amide bonds. The third-order valence-corrected chi connectivity index (χ3v) is 3.50. The molecule has 2 unspecified atom stereocenters. The van der Waals surface area contributed by atoms with Crippen molar-refractivity contribution in [3.8, 4) is 0 Å². The number of carbonyl (C=O) groups is 1. The fourth-order valence-electron chi connectivity index (χ4n) is 2.31. The number of methoxy groups -OCH3 is 1. The van der Waals surface area contributed by atoms with Crippen molar-refractivity contribution in [2.75, 3.05) is 38.8 Å². The maximum absolute atomic E-state index is 12.3. The molecule has 7 nitrogen and oxygen atoms in total. The van der Waals surface area contributed by atoms with Crippen molar-refractivity contribution in [3.05, 3.63) is 12.4 Å². The summed E-state index contributed by atoms with van der Waals surface area (Å²) < 4.78 is 12.2. The van der Waals surface area contributed by atoms with Crippen LogP contribution in [0.4, 0.5) is 5.69 Å². The number of nitrogens with zero attached hydrogens (tertiary/aromatic N) is 2. The van der Waals surface area contributed by atoms with Gasteiger partial charge >= 0.3 is 0 Å². The predicted octanol–water partition coefficient (Wildman–Crippen LogP) is 0.483. The molecule has 1 aromatic rings. The first-order valence-electron chi connectivity index (χ1n) is 7.38. The highest BCUT2D eigenvalue weighted by molar-refractivity contribution is 5.93. The minimum Gasteiger partial charge on any atom is -0.383 e. The Kier molecular flexibility index (Phi) is 6.16. The highest BCUT2D eigenvalue weighted by Gasteiger charge is 2.33. The maximum atomic E-state index is 12.3. The van der Waals surface area contributed by atoms with Crippen LogP contribution in [-0.4, -0.2) is 55.2 Å². The zero-order chi connectivity index (χ0) is 15.1. The summed E-state index contributed by atoms with van der Waals surface area (Å²) >= 11 is 0. The van der Waals surface area contributed by atoms with E-state index in [9.17, 15) is 4.79 Å². The Labute approximate surface area is 125 Å². The normalized spacial score (nSPS) is 21.6. The van der Waals surface area contributed by atoms with Gasteiger partial charge in [-0.05, 0) is 13.0 Å². The van der Waals surface area contributed by atoms with Crippen LogP contribution in [0.15, 0.2) is 12.4 Å². The van der Waals surface area contributed by atoms with E-state index in [0.29, 0.717) is 32.1 Å². The molecule has 118 valence electrons. The number of hydrogen-bond acceptors (Lipinski definition) is 5. The lowest BCUT2D eigenvalue weighted by molar-refractivity contribution is -0.120. The molecule has 0 aromatic carbocycles. The maximum Gasteiger partial charge on any atom is 0.231 e. The molecule has 1 saturated heterocycles. The van der Waals surface area contributed by atoms with Gasteiger partial charge in [0.15, 0.2) is 0 Å². The van der Waals surface area contributed by atoms with E-state index in [1.165, 1.54) is 0 Å². The van der Waals surface area contributed by atoms with E-state index in [4.69, 9.17) is 9.47 Å². The monoisotopic (exact) mass is 296 g/mol. The molecule has 0 saturated carbocycles. The molecular formula is C14H24N4O3. The van der Waals surface area contributed by atoms with Gasteiger partial charge in [0.05, 0.1) is 44.2 Å². The second kappa shape index (κ2) is 8.11. The van der Waals surface area contributed by atoms with E-state index in [0.717, 1.165) is 13.0 Å². The third kappa shape index (κ3) is 4.52. The summed E-state index contributed by atoms with van der Waals surface area (Å²) in [6.07, 6.45) is 4.50. The number of ether oxygens (including phenoxy) is 2. The van der Waals surface area contributed by atoms with Gasteiger partial charge in [-0.3, -0.25) is 9.48 Å². The van der Waals surface area contributed by atoms with Crippen molar-refractivity contribution in [2.24, 2.45) is 5.92 Å². The number of nitrogens with one attached hydrogen (secondary N) is 2. The molecule has 0 aliphatic carbocycles. The van der Waals surface area contributed by atoms with E-state index in [1.807, 2.05) is 0 Å². The van der Waals surface area contributed by atoms with Crippen LogP contribution in [0.2, 0.25) is 0 Å². The van der Waals surface area contributed by atoms with E-state index in [2.05, 4.69) is 22.7 Å². The Hall–Kier alpha value is -1.44. The molecule has 0 radical (unpaired) electrons. The molecule has 7 heteroatoms. The minimum absolute atomic E-state index is 0.0209. The van der Waals surface area contributed by atoms with Crippen LogP contribution < -0.4 is 10.6 Å². The van der Waals surface area contributed by atoms with E-state index in [-0.39, 0.29) is 17.9 Å². The summed E-state index contributed by atoms with van der Waals surface area (Å²) in [5, 5.41) is 10.4. The van der Waals surface area contributed by atoms with Crippen molar-refractivity contribution in [3.63, 3.8) is 0 Å². The van der Waals surface area contributed by atoms with Crippen molar-refractivity contribution < 1.29 is 14.3 Å². The van der Waals surface area contributed by atoms with Crippen molar-refractivity contribution in [2.45, 2.75) is 25.9 Å². The van der Waals surface area contributed by atoms with Crippen LogP contribution in [-0.2, 0) is 20.8 Å². The smallest absolute Gasteiger partial charge is 0.231 e. The van der Waals surface area contributed by atoms with Crippen molar-refractivity contribution >= 4 is 11.6 Å². The molecule has 2 heterocycles. The van der Waals surface area contributed by atoms with Gasteiger partial charge in [0, 0.05) is 19.3 Å². The van der Waals surface area contributed by atoms with Crippen LogP contribution >= 0.6 is 0 Å². The first kappa shape index (κ1) is 15.9. The fourth-order valence-corrected chi connectivity index (χ4v) is 2.31. The van der Waals surface area contributed by atoms with E-state index >= 15 is 0 Å². The van der Waals surface area contributed by atoms with Crippen molar-refractivity contribution in [1.82, 2.24) is 15.1 Å². The Morgan fingerprint density at radius 2 is 2.43 bits per heavy atom. The van der Waals surface area contributed by atoms with E-state index < -0.39 is 0 Å². The van der Waals surface area contributed by atoms with Gasteiger partial charge in [-0.1, -0.05) is 6.92 Å². The Balaban J connectivity index is 1.86. The van der Waals surface area contributed by atoms with Gasteiger partial charge in [0.25, 0.3) is 0 Å². The average molecular weight is 296 g/mol. The summed E-state index contributed by atoms with van der Waals surface area (Å²) in [6.45, 7) is 5.31. The number of rotatable bonds is 8. The zero-order valence-corrected chi connectivity index (χ0v) is 12.7. The number of aromatic nitrogens is 2. The molecule has 1 aliphatic heterocycles. The lowest BCUT2D eigenvalue weighted by Crippen LogP contribution is -2.41. The molecular weight excluding hydrogens is 272 g/mol. The molecule has 0 spiro atoms. The highest BCUT2D eigenvalue weighted by Crippen LogP contribution is 2.16. The van der Waals surface area contributed by atoms with Crippen LogP contribution in [0, 0.1) is 5.92 Å². The van der Waals surface area contributed by atoms with E-state index in [1.54, 1.807) is 24.2 Å². The summed E-state index contributed by atoms with van der Waals surface area (Å²) in [4.78, 5) is 12.3. The highest BCUT2D eigenvalue weighted by atomic mass is 16.5. The van der Waals surface area contributed by atoms with Gasteiger partial charge in [-0.2, -0.15) is 5.10 Å². The largest absolute Gasteiger partial charge is 0.383 e. The van der Waals surface area contributed by atoms with Gasteiger partial charge in [-0.15, -0.1) is 0 Å². The first-order chi connectivity index (χ1) is 10.2. The molecule has 2 rings (SSSR count). The SMILES string of the molecule is CCCNC1COCC1C(=O)Nc1cnn(CCOC)c1. The Morgan fingerprint density at radius 3 is 3.19 bits per heavy atom. The second-order valence-electron chi connectivity index (χ2n) is 5.18. The molecule has 2 atom stereocenters. The van der Waals surface area contributed by atoms with Crippen LogP contribution in [0.5, 0.6) is 0 Å². The number of carbonyl (C=O) groups excluding carboxylic acids is 1. The number of amides is 1. The molecule has 1 aliphatic rings. The van der Waals surface area contributed by atoms with Gasteiger partial charge in [0.2, 0.25) is 5.91 Å². The predicted molar refractivity (Wildman–Crippen MR) is 79.1 cm³/mol. The lowest BCUT2D eigenvalue weighted by atomic mass is 10.0. The summed E-state index contributed by atoms with van der Waals surface area (Å²) in [7, 11) is 1.65. The molecule has 21 heavy (non-hydrogen) atoms. The second-order valence-corrected chi connectivity index (χ2v) is 5.18. The van der Waals surface area contributed by atoms with Crippen LogP contribution in [0.25, 0.3) is 0 Å². The minimum atomic E-state index is -0.154. The number of anilines is 1. The quantitative estimate of drug-likeness (QED) is 0.730. The summed E-state index contributed by atoms with van der Waals surface area (Å²) in [5.41, 5.74) is 0.706. The first-order valence-corrected chi connectivity index (χ1v) is 7.38.